The lowest BCUT2D eigenvalue weighted by molar-refractivity contribution is 0.102. The molecule has 0 saturated heterocycles. The predicted molar refractivity (Wildman–Crippen MR) is 111 cm³/mol. The number of ketones is 1. The number of nitrogens with zero attached hydrogens (tertiary/aromatic N) is 3. The lowest BCUT2D eigenvalue weighted by Crippen LogP contribution is -2.25. The summed E-state index contributed by atoms with van der Waals surface area (Å²) >= 11 is 1.12. The van der Waals surface area contributed by atoms with Gasteiger partial charge in [-0.3, -0.25) is 14.2 Å². The van der Waals surface area contributed by atoms with Gasteiger partial charge in [0.15, 0.2) is 22.6 Å². The standard InChI is InChI=1S/C21H21F2N3O2S/c1-25(2)10-5-11-26-20(28)15-6-3-4-7-18(15)24-21(26)29-13-19(27)14-8-9-16(22)17(23)12-14/h3-4,6-9,12H,5,10-11,13H2,1-2H3. The van der Waals surface area contributed by atoms with E-state index in [4.69, 9.17) is 0 Å². The maximum Gasteiger partial charge on any atom is 0.262 e. The Labute approximate surface area is 171 Å². The molecular weight excluding hydrogens is 396 g/mol. The van der Waals surface area contributed by atoms with Crippen LogP contribution in [0.4, 0.5) is 8.78 Å². The van der Waals surface area contributed by atoms with Gasteiger partial charge in [-0.15, -0.1) is 0 Å². The number of para-hydroxylation sites is 1. The van der Waals surface area contributed by atoms with Crippen molar-refractivity contribution < 1.29 is 13.6 Å². The summed E-state index contributed by atoms with van der Waals surface area (Å²) < 4.78 is 28.1. The van der Waals surface area contributed by atoms with Gasteiger partial charge in [0, 0.05) is 12.1 Å². The topological polar surface area (TPSA) is 55.2 Å². The summed E-state index contributed by atoms with van der Waals surface area (Å²) in [5.41, 5.74) is 0.486. The Kier molecular flexibility index (Phi) is 6.76. The number of rotatable bonds is 8. The molecule has 0 amide bonds. The zero-order valence-electron chi connectivity index (χ0n) is 16.2. The molecule has 0 aliphatic heterocycles. The number of carbonyl (C=O) groups is 1. The Bertz CT molecular complexity index is 1100. The van der Waals surface area contributed by atoms with Crippen LogP contribution in [0, 0.1) is 11.6 Å². The number of hydrogen-bond acceptors (Lipinski definition) is 5. The monoisotopic (exact) mass is 417 g/mol. The highest BCUT2D eigenvalue weighted by Crippen LogP contribution is 2.20. The number of hydrogen-bond donors (Lipinski definition) is 0. The average molecular weight is 417 g/mol. The average Bonchev–Trinajstić information content (AvgIpc) is 2.70. The van der Waals surface area contributed by atoms with E-state index >= 15 is 0 Å². The fraction of sp³-hybridized carbons (Fsp3) is 0.286. The van der Waals surface area contributed by atoms with Gasteiger partial charge in [0.1, 0.15) is 0 Å². The zero-order valence-corrected chi connectivity index (χ0v) is 17.0. The Morgan fingerprint density at radius 3 is 2.62 bits per heavy atom. The second-order valence-corrected chi connectivity index (χ2v) is 7.81. The van der Waals surface area contributed by atoms with Gasteiger partial charge in [-0.1, -0.05) is 23.9 Å². The zero-order chi connectivity index (χ0) is 21.0. The third-order valence-electron chi connectivity index (χ3n) is 4.39. The molecule has 29 heavy (non-hydrogen) atoms. The Morgan fingerprint density at radius 1 is 1.14 bits per heavy atom. The van der Waals surface area contributed by atoms with Crippen LogP contribution in [-0.4, -0.2) is 46.6 Å². The van der Waals surface area contributed by atoms with Gasteiger partial charge >= 0.3 is 0 Å². The maximum atomic E-state index is 13.4. The van der Waals surface area contributed by atoms with Crippen LogP contribution in [0.3, 0.4) is 0 Å². The lowest BCUT2D eigenvalue weighted by atomic mass is 10.1. The summed E-state index contributed by atoms with van der Waals surface area (Å²) in [5, 5.41) is 0.956. The summed E-state index contributed by atoms with van der Waals surface area (Å²) in [6, 6.07) is 10.1. The Hall–Kier alpha value is -2.58. The number of fused-ring (bicyclic) bond motifs is 1. The van der Waals surface area contributed by atoms with Crippen molar-refractivity contribution >= 4 is 28.4 Å². The quantitative estimate of drug-likeness (QED) is 0.318. The molecule has 152 valence electrons. The summed E-state index contributed by atoms with van der Waals surface area (Å²) in [4.78, 5) is 31.9. The smallest absolute Gasteiger partial charge is 0.262 e. The second kappa shape index (κ2) is 9.28. The second-order valence-electron chi connectivity index (χ2n) is 6.87. The Balaban J connectivity index is 1.87. The fourth-order valence-electron chi connectivity index (χ4n) is 2.88. The molecule has 0 aliphatic rings. The molecule has 0 spiro atoms. The lowest BCUT2D eigenvalue weighted by Gasteiger charge is -2.14. The summed E-state index contributed by atoms with van der Waals surface area (Å²) in [7, 11) is 3.91. The number of aromatic nitrogens is 2. The van der Waals surface area contributed by atoms with E-state index in [1.54, 1.807) is 28.8 Å². The van der Waals surface area contributed by atoms with Crippen molar-refractivity contribution in [1.82, 2.24) is 14.5 Å². The van der Waals surface area contributed by atoms with Crippen molar-refractivity contribution in [1.29, 1.82) is 0 Å². The van der Waals surface area contributed by atoms with Gasteiger partial charge in [0.2, 0.25) is 0 Å². The third-order valence-corrected chi connectivity index (χ3v) is 5.36. The van der Waals surface area contributed by atoms with E-state index in [2.05, 4.69) is 4.98 Å². The molecule has 1 heterocycles. The van der Waals surface area contributed by atoms with Crippen molar-refractivity contribution in [2.24, 2.45) is 0 Å². The molecule has 2 aromatic carbocycles. The first kappa shape index (κ1) is 21.1. The summed E-state index contributed by atoms with van der Waals surface area (Å²) in [6.45, 7) is 1.27. The van der Waals surface area contributed by atoms with Crippen LogP contribution in [0.15, 0.2) is 52.4 Å². The normalized spacial score (nSPS) is 11.3. The highest BCUT2D eigenvalue weighted by atomic mass is 32.2. The summed E-state index contributed by atoms with van der Waals surface area (Å²) in [6.07, 6.45) is 0.748. The van der Waals surface area contributed by atoms with Crippen molar-refractivity contribution in [2.45, 2.75) is 18.1 Å². The van der Waals surface area contributed by atoms with Crippen LogP contribution in [-0.2, 0) is 6.54 Å². The van der Waals surface area contributed by atoms with E-state index in [1.165, 1.54) is 6.07 Å². The van der Waals surface area contributed by atoms with Crippen molar-refractivity contribution in [3.05, 3.63) is 70.0 Å². The third kappa shape index (κ3) is 5.07. The first-order chi connectivity index (χ1) is 13.9. The van der Waals surface area contributed by atoms with E-state index in [9.17, 15) is 18.4 Å². The van der Waals surface area contributed by atoms with Crippen LogP contribution in [0.1, 0.15) is 16.8 Å². The molecule has 0 atom stereocenters. The molecule has 0 aliphatic carbocycles. The van der Waals surface area contributed by atoms with Crippen LogP contribution in [0.5, 0.6) is 0 Å². The van der Waals surface area contributed by atoms with Gasteiger partial charge in [-0.05, 0) is 57.4 Å². The minimum atomic E-state index is -1.06. The molecule has 0 N–H and O–H groups in total. The molecule has 0 unspecified atom stereocenters. The maximum absolute atomic E-state index is 13.4. The van der Waals surface area contributed by atoms with Crippen LogP contribution in [0.25, 0.3) is 10.9 Å². The van der Waals surface area contributed by atoms with Gasteiger partial charge in [0.05, 0.1) is 16.7 Å². The van der Waals surface area contributed by atoms with E-state index < -0.39 is 11.6 Å². The molecule has 3 aromatic rings. The number of halogens is 2. The molecule has 0 fully saturated rings. The van der Waals surface area contributed by atoms with Gasteiger partial charge in [-0.25, -0.2) is 13.8 Å². The SMILES string of the molecule is CN(C)CCCn1c(SCC(=O)c2ccc(F)c(F)c2)nc2ccccc2c1=O. The molecular formula is C21H21F2N3O2S. The van der Waals surface area contributed by atoms with Crippen LogP contribution >= 0.6 is 11.8 Å². The molecule has 0 radical (unpaired) electrons. The van der Waals surface area contributed by atoms with Crippen molar-refractivity contribution in [3.63, 3.8) is 0 Å². The fourth-order valence-corrected chi connectivity index (χ4v) is 3.80. The van der Waals surface area contributed by atoms with E-state index in [-0.39, 0.29) is 22.7 Å². The Morgan fingerprint density at radius 2 is 1.90 bits per heavy atom. The van der Waals surface area contributed by atoms with Crippen LogP contribution < -0.4 is 5.56 Å². The van der Waals surface area contributed by atoms with Crippen molar-refractivity contribution in [3.8, 4) is 0 Å². The first-order valence-electron chi connectivity index (χ1n) is 9.12. The number of thioether (sulfide) groups is 1. The van der Waals surface area contributed by atoms with E-state index in [0.717, 1.165) is 36.9 Å². The van der Waals surface area contributed by atoms with Gasteiger partial charge < -0.3 is 4.90 Å². The molecule has 0 bridgehead atoms. The molecule has 3 rings (SSSR count). The minimum Gasteiger partial charge on any atom is -0.309 e. The van der Waals surface area contributed by atoms with E-state index in [1.807, 2.05) is 19.0 Å². The van der Waals surface area contributed by atoms with Crippen molar-refractivity contribution in [2.75, 3.05) is 26.4 Å². The summed E-state index contributed by atoms with van der Waals surface area (Å²) in [5.74, 6) is -2.47. The molecule has 0 saturated carbocycles. The predicted octanol–water partition coefficient (Wildman–Crippen LogP) is 3.60. The highest BCUT2D eigenvalue weighted by Gasteiger charge is 2.15. The molecule has 5 nitrogen and oxygen atoms in total. The largest absolute Gasteiger partial charge is 0.309 e. The molecule has 8 heteroatoms. The number of benzene rings is 2. The van der Waals surface area contributed by atoms with Gasteiger partial charge in [-0.2, -0.15) is 0 Å². The number of Topliss-reactive ketones (excluding diaryl/α,β-unsaturated/α-hetero) is 1. The number of carbonyl (C=O) groups excluding carboxylic acids is 1. The van der Waals surface area contributed by atoms with E-state index in [0.29, 0.717) is 22.6 Å². The van der Waals surface area contributed by atoms with Crippen LogP contribution in [0.2, 0.25) is 0 Å². The minimum absolute atomic E-state index is 0.0382. The molecule has 1 aromatic heterocycles. The first-order valence-corrected chi connectivity index (χ1v) is 10.1. The van der Waals surface area contributed by atoms with Gasteiger partial charge in [0.25, 0.3) is 5.56 Å². The highest BCUT2D eigenvalue weighted by molar-refractivity contribution is 7.99.